The molecular formula is C22H30N2O3. The molecule has 5 atom stereocenters. The summed E-state index contributed by atoms with van der Waals surface area (Å²) < 4.78 is 10.9. The molecule has 3 aliphatic heterocycles. The molecule has 1 aliphatic carbocycles. The smallest absolute Gasteiger partial charge is 0.119 e. The van der Waals surface area contributed by atoms with Gasteiger partial charge in [0.1, 0.15) is 5.75 Å². The van der Waals surface area contributed by atoms with Gasteiger partial charge in [-0.05, 0) is 61.3 Å². The van der Waals surface area contributed by atoms with Crippen LogP contribution in [-0.4, -0.2) is 61.6 Å². The van der Waals surface area contributed by atoms with Gasteiger partial charge in [0.15, 0.2) is 0 Å². The van der Waals surface area contributed by atoms with Crippen LogP contribution < -0.4 is 4.74 Å². The highest BCUT2D eigenvalue weighted by atomic mass is 16.5. The summed E-state index contributed by atoms with van der Waals surface area (Å²) in [5.74, 6) is 2.15. The lowest BCUT2D eigenvalue weighted by Gasteiger charge is -2.59. The topological polar surface area (TPSA) is 57.7 Å². The van der Waals surface area contributed by atoms with Crippen LogP contribution in [0.5, 0.6) is 5.75 Å². The number of H-pyrrole nitrogens is 1. The minimum Gasteiger partial charge on any atom is -0.497 e. The van der Waals surface area contributed by atoms with Crippen LogP contribution in [0.2, 0.25) is 0 Å². The zero-order valence-electron chi connectivity index (χ0n) is 16.3. The lowest BCUT2D eigenvalue weighted by molar-refractivity contribution is -0.0826. The van der Waals surface area contributed by atoms with Gasteiger partial charge in [-0.2, -0.15) is 0 Å². The number of methoxy groups -OCH3 is 2. The lowest BCUT2D eigenvalue weighted by atomic mass is 9.56. The first-order chi connectivity index (χ1) is 13.2. The standard InChI is InChI=1S/C22H30N2O3/c1-26-8-6-15-9-14-11-22(13-25)20-17(5-7-24(12-14)21(15)22)18-10-16(27-2)3-4-19(18)23-20/h3-4,10,14-15,21,23,25H,5-9,11-13H2,1-2H3. The maximum Gasteiger partial charge on any atom is 0.119 e. The van der Waals surface area contributed by atoms with Gasteiger partial charge in [-0.1, -0.05) is 0 Å². The van der Waals surface area contributed by atoms with Crippen LogP contribution in [0, 0.1) is 11.8 Å². The Kier molecular flexibility index (Phi) is 4.22. The molecule has 0 spiro atoms. The van der Waals surface area contributed by atoms with Crippen LogP contribution in [0.15, 0.2) is 18.2 Å². The van der Waals surface area contributed by atoms with Crippen LogP contribution in [-0.2, 0) is 16.6 Å². The molecule has 146 valence electrons. The van der Waals surface area contributed by atoms with E-state index in [-0.39, 0.29) is 12.0 Å². The Morgan fingerprint density at radius 2 is 2.22 bits per heavy atom. The molecule has 0 amide bonds. The number of hydrogen-bond donors (Lipinski definition) is 2. The summed E-state index contributed by atoms with van der Waals surface area (Å²) in [4.78, 5) is 6.42. The first-order valence-electron chi connectivity index (χ1n) is 10.2. The normalized spacial score (nSPS) is 34.5. The van der Waals surface area contributed by atoms with Gasteiger partial charge in [0.2, 0.25) is 0 Å². The summed E-state index contributed by atoms with van der Waals surface area (Å²) in [6, 6.07) is 6.69. The third kappa shape index (κ3) is 2.48. The van der Waals surface area contributed by atoms with Crippen molar-refractivity contribution in [1.29, 1.82) is 0 Å². The third-order valence-corrected chi connectivity index (χ3v) is 7.42. The van der Waals surface area contributed by atoms with Gasteiger partial charge in [-0.15, -0.1) is 0 Å². The van der Waals surface area contributed by atoms with Gasteiger partial charge in [-0.25, -0.2) is 0 Å². The summed E-state index contributed by atoms with van der Waals surface area (Å²) in [5.41, 5.74) is 3.65. The highest BCUT2D eigenvalue weighted by Crippen LogP contribution is 2.54. The predicted molar refractivity (Wildman–Crippen MR) is 105 cm³/mol. The average molecular weight is 370 g/mol. The fourth-order valence-corrected chi connectivity index (χ4v) is 6.52. The molecule has 2 N–H and O–H groups in total. The second-order valence-electron chi connectivity index (χ2n) is 8.74. The van der Waals surface area contributed by atoms with Gasteiger partial charge in [0.05, 0.1) is 13.7 Å². The Bertz CT molecular complexity index is 847. The van der Waals surface area contributed by atoms with Gasteiger partial charge in [-0.3, -0.25) is 4.90 Å². The van der Waals surface area contributed by atoms with E-state index in [9.17, 15) is 5.11 Å². The molecule has 1 aromatic heterocycles. The van der Waals surface area contributed by atoms with E-state index in [0.717, 1.165) is 43.7 Å². The highest BCUT2D eigenvalue weighted by Gasteiger charge is 2.58. The number of nitrogens with zero attached hydrogens (tertiary/aromatic N) is 1. The summed E-state index contributed by atoms with van der Waals surface area (Å²) >= 11 is 0. The number of benzene rings is 1. The Hall–Kier alpha value is -1.56. The van der Waals surface area contributed by atoms with Crippen molar-refractivity contribution in [2.45, 2.75) is 37.1 Å². The first kappa shape index (κ1) is 17.5. The number of aliphatic hydroxyl groups is 1. The third-order valence-electron chi connectivity index (χ3n) is 7.42. The number of aromatic amines is 1. The second kappa shape index (κ2) is 6.50. The van der Waals surface area contributed by atoms with Crippen molar-refractivity contribution in [2.24, 2.45) is 11.8 Å². The van der Waals surface area contributed by atoms with Crippen molar-refractivity contribution < 1.29 is 14.6 Å². The molecule has 5 nitrogen and oxygen atoms in total. The molecule has 6 rings (SSSR count). The van der Waals surface area contributed by atoms with Crippen molar-refractivity contribution in [3.05, 3.63) is 29.5 Å². The zero-order valence-corrected chi connectivity index (χ0v) is 16.3. The molecule has 3 fully saturated rings. The predicted octanol–water partition coefficient (Wildman–Crippen LogP) is 2.71. The number of aliphatic hydroxyl groups excluding tert-OH is 1. The molecule has 27 heavy (non-hydrogen) atoms. The molecule has 2 saturated heterocycles. The quantitative estimate of drug-likeness (QED) is 0.850. The maximum atomic E-state index is 10.8. The molecule has 5 heteroatoms. The lowest BCUT2D eigenvalue weighted by Crippen LogP contribution is -2.65. The Balaban J connectivity index is 1.66. The van der Waals surface area contributed by atoms with E-state index < -0.39 is 0 Å². The van der Waals surface area contributed by atoms with E-state index in [4.69, 9.17) is 9.47 Å². The zero-order chi connectivity index (χ0) is 18.6. The van der Waals surface area contributed by atoms with Gasteiger partial charge >= 0.3 is 0 Å². The number of piperidine rings is 2. The number of aromatic nitrogens is 1. The monoisotopic (exact) mass is 370 g/mol. The van der Waals surface area contributed by atoms with E-state index in [1.54, 1.807) is 14.2 Å². The van der Waals surface area contributed by atoms with Crippen LogP contribution in [0.3, 0.4) is 0 Å². The highest BCUT2D eigenvalue weighted by molar-refractivity contribution is 5.87. The van der Waals surface area contributed by atoms with E-state index in [2.05, 4.69) is 22.0 Å². The molecule has 2 aromatic rings. The molecule has 1 saturated carbocycles. The largest absolute Gasteiger partial charge is 0.497 e. The first-order valence-corrected chi connectivity index (χ1v) is 10.2. The molecule has 5 unspecified atom stereocenters. The minimum atomic E-state index is -0.183. The summed E-state index contributed by atoms with van der Waals surface area (Å²) in [5, 5.41) is 12.0. The SMILES string of the molecule is COCCC1CC2CN3CCc4c([nH]c5ccc(OC)cc45)C(CO)(C2)C13. The fourth-order valence-electron chi connectivity index (χ4n) is 6.52. The van der Waals surface area contributed by atoms with E-state index >= 15 is 0 Å². The number of nitrogens with one attached hydrogen (secondary N) is 1. The van der Waals surface area contributed by atoms with Gasteiger partial charge in [0, 0.05) is 54.9 Å². The minimum absolute atomic E-state index is 0.183. The van der Waals surface area contributed by atoms with Crippen LogP contribution in [0.4, 0.5) is 0 Å². The van der Waals surface area contributed by atoms with Crippen molar-refractivity contribution in [3.63, 3.8) is 0 Å². The Morgan fingerprint density at radius 1 is 1.33 bits per heavy atom. The maximum absolute atomic E-state index is 10.8. The van der Waals surface area contributed by atoms with E-state index in [1.807, 2.05) is 6.07 Å². The summed E-state index contributed by atoms with van der Waals surface area (Å²) in [6.45, 7) is 3.27. The number of ether oxygens (including phenoxy) is 2. The summed E-state index contributed by atoms with van der Waals surface area (Å²) in [7, 11) is 3.51. The molecule has 4 bridgehead atoms. The van der Waals surface area contributed by atoms with Crippen molar-refractivity contribution in [1.82, 2.24) is 9.88 Å². The van der Waals surface area contributed by atoms with Gasteiger partial charge in [0.25, 0.3) is 0 Å². The molecular weight excluding hydrogens is 340 g/mol. The van der Waals surface area contributed by atoms with Crippen LogP contribution in [0.25, 0.3) is 10.9 Å². The fraction of sp³-hybridized carbons (Fsp3) is 0.636. The van der Waals surface area contributed by atoms with Crippen LogP contribution >= 0.6 is 0 Å². The van der Waals surface area contributed by atoms with E-state index in [1.165, 1.54) is 29.6 Å². The molecule has 0 radical (unpaired) electrons. The van der Waals surface area contributed by atoms with Gasteiger partial charge < -0.3 is 19.6 Å². The van der Waals surface area contributed by atoms with Crippen LogP contribution in [0.1, 0.15) is 30.5 Å². The van der Waals surface area contributed by atoms with Crippen molar-refractivity contribution >= 4 is 10.9 Å². The van der Waals surface area contributed by atoms with Crippen molar-refractivity contribution in [2.75, 3.05) is 40.5 Å². The number of fused-ring (bicyclic) bond motifs is 4. The Morgan fingerprint density at radius 3 is 3.00 bits per heavy atom. The molecule has 1 aromatic carbocycles. The average Bonchev–Trinajstić information content (AvgIpc) is 3.04. The summed E-state index contributed by atoms with van der Waals surface area (Å²) in [6.07, 6.45) is 4.48. The van der Waals surface area contributed by atoms with E-state index in [0.29, 0.717) is 17.9 Å². The molecule has 4 heterocycles. The van der Waals surface area contributed by atoms with Crippen molar-refractivity contribution in [3.8, 4) is 5.75 Å². The number of rotatable bonds is 5. The second-order valence-corrected chi connectivity index (χ2v) is 8.74. The molecule has 4 aliphatic rings. The number of hydrogen-bond acceptors (Lipinski definition) is 4. The Labute approximate surface area is 160 Å².